The maximum Gasteiger partial charge on any atom is 0.226 e. The van der Waals surface area contributed by atoms with Crippen LogP contribution >= 0.6 is 31.9 Å². The maximum absolute atomic E-state index is 11.2. The van der Waals surface area contributed by atoms with E-state index in [2.05, 4.69) is 42.2 Å². The molecule has 0 aliphatic rings. The van der Waals surface area contributed by atoms with E-state index in [0.717, 1.165) is 10.0 Å². The second kappa shape index (κ2) is 5.46. The van der Waals surface area contributed by atoms with Crippen molar-refractivity contribution in [1.82, 2.24) is 4.98 Å². The fourth-order valence-electron chi connectivity index (χ4n) is 0.899. The van der Waals surface area contributed by atoms with Crippen LogP contribution in [-0.4, -0.2) is 16.2 Å². The Hall–Kier alpha value is -0.420. The van der Waals surface area contributed by atoms with Crippen LogP contribution in [0.25, 0.3) is 0 Å². The smallest absolute Gasteiger partial charge is 0.226 e. The van der Waals surface area contributed by atoms with Crippen molar-refractivity contribution in [3.63, 3.8) is 0 Å². The standard InChI is InChI=1S/C9H10Br2N2O/c1-6-4-8(12-5-7(6)11)13-9(14)2-3-10/h4-5H,2-3H2,1H3,(H,12,13,14). The molecule has 0 aliphatic heterocycles. The largest absolute Gasteiger partial charge is 0.311 e. The third-order valence-electron chi connectivity index (χ3n) is 1.64. The lowest BCUT2D eigenvalue weighted by Crippen LogP contribution is -2.12. The summed E-state index contributed by atoms with van der Waals surface area (Å²) >= 11 is 6.54. The molecule has 5 heteroatoms. The number of hydrogen-bond acceptors (Lipinski definition) is 2. The van der Waals surface area contributed by atoms with E-state index >= 15 is 0 Å². The van der Waals surface area contributed by atoms with Gasteiger partial charge in [0.25, 0.3) is 0 Å². The van der Waals surface area contributed by atoms with Gasteiger partial charge >= 0.3 is 0 Å². The van der Waals surface area contributed by atoms with Crippen LogP contribution in [0.1, 0.15) is 12.0 Å². The minimum atomic E-state index is -0.0314. The van der Waals surface area contributed by atoms with E-state index in [9.17, 15) is 4.79 Å². The van der Waals surface area contributed by atoms with Crippen LogP contribution in [0, 0.1) is 6.92 Å². The molecule has 76 valence electrons. The van der Waals surface area contributed by atoms with Crippen molar-refractivity contribution < 1.29 is 4.79 Å². The summed E-state index contributed by atoms with van der Waals surface area (Å²) in [4.78, 5) is 15.3. The molecular weight excluding hydrogens is 312 g/mol. The number of nitrogens with zero attached hydrogens (tertiary/aromatic N) is 1. The van der Waals surface area contributed by atoms with Gasteiger partial charge in [-0.2, -0.15) is 0 Å². The number of pyridine rings is 1. The molecule has 0 fully saturated rings. The van der Waals surface area contributed by atoms with E-state index in [0.29, 0.717) is 17.6 Å². The van der Waals surface area contributed by atoms with Crippen LogP contribution in [0.2, 0.25) is 0 Å². The van der Waals surface area contributed by atoms with Gasteiger partial charge in [0.15, 0.2) is 0 Å². The van der Waals surface area contributed by atoms with Crippen LogP contribution < -0.4 is 5.32 Å². The number of halogens is 2. The molecule has 0 bridgehead atoms. The summed E-state index contributed by atoms with van der Waals surface area (Å²) in [5, 5.41) is 3.37. The quantitative estimate of drug-likeness (QED) is 0.870. The Morgan fingerprint density at radius 3 is 2.93 bits per heavy atom. The lowest BCUT2D eigenvalue weighted by molar-refractivity contribution is -0.115. The van der Waals surface area contributed by atoms with Crippen molar-refractivity contribution in [3.05, 3.63) is 22.3 Å². The first-order valence-corrected chi connectivity index (χ1v) is 6.03. The van der Waals surface area contributed by atoms with E-state index < -0.39 is 0 Å². The number of alkyl halides is 1. The van der Waals surface area contributed by atoms with Gasteiger partial charge in [0.2, 0.25) is 5.91 Å². The number of aryl methyl sites for hydroxylation is 1. The summed E-state index contributed by atoms with van der Waals surface area (Å²) in [7, 11) is 0. The molecule has 0 saturated carbocycles. The van der Waals surface area contributed by atoms with Crippen LogP contribution in [0.5, 0.6) is 0 Å². The molecule has 1 aromatic heterocycles. The number of rotatable bonds is 3. The molecule has 1 heterocycles. The molecule has 3 nitrogen and oxygen atoms in total. The second-order valence-corrected chi connectivity index (χ2v) is 4.45. The van der Waals surface area contributed by atoms with Gasteiger partial charge in [-0.1, -0.05) is 15.9 Å². The van der Waals surface area contributed by atoms with Crippen LogP contribution in [-0.2, 0) is 4.79 Å². The first-order chi connectivity index (χ1) is 6.63. The highest BCUT2D eigenvalue weighted by Gasteiger charge is 2.03. The lowest BCUT2D eigenvalue weighted by atomic mass is 10.3. The molecule has 0 atom stereocenters. The third kappa shape index (κ3) is 3.38. The number of amides is 1. The van der Waals surface area contributed by atoms with Crippen molar-refractivity contribution in [2.24, 2.45) is 0 Å². The van der Waals surface area contributed by atoms with Crippen molar-refractivity contribution in [1.29, 1.82) is 0 Å². The number of carbonyl (C=O) groups excluding carboxylic acids is 1. The Balaban J connectivity index is 2.68. The van der Waals surface area contributed by atoms with Gasteiger partial charge in [-0.15, -0.1) is 0 Å². The van der Waals surface area contributed by atoms with Crippen LogP contribution in [0.3, 0.4) is 0 Å². The highest BCUT2D eigenvalue weighted by molar-refractivity contribution is 9.10. The van der Waals surface area contributed by atoms with Crippen LogP contribution in [0.15, 0.2) is 16.7 Å². The van der Waals surface area contributed by atoms with Gasteiger partial charge in [0.1, 0.15) is 5.82 Å². The molecule has 0 saturated heterocycles. The fourth-order valence-corrected chi connectivity index (χ4v) is 1.48. The molecule has 0 aliphatic carbocycles. The highest BCUT2D eigenvalue weighted by Crippen LogP contribution is 2.17. The average molecular weight is 322 g/mol. The lowest BCUT2D eigenvalue weighted by Gasteiger charge is -2.04. The van der Waals surface area contributed by atoms with E-state index in [1.54, 1.807) is 6.20 Å². The Morgan fingerprint density at radius 1 is 1.64 bits per heavy atom. The summed E-state index contributed by atoms with van der Waals surface area (Å²) in [6.07, 6.45) is 2.13. The Kier molecular flexibility index (Phi) is 4.54. The molecule has 1 amide bonds. The fraction of sp³-hybridized carbons (Fsp3) is 0.333. The normalized spacial score (nSPS) is 9.93. The van der Waals surface area contributed by atoms with Crippen molar-refractivity contribution in [3.8, 4) is 0 Å². The second-order valence-electron chi connectivity index (χ2n) is 2.81. The van der Waals surface area contributed by atoms with Crippen molar-refractivity contribution in [2.75, 3.05) is 10.6 Å². The van der Waals surface area contributed by atoms with Gasteiger partial charge < -0.3 is 5.32 Å². The molecule has 0 spiro atoms. The summed E-state index contributed by atoms with van der Waals surface area (Å²) in [6.45, 7) is 1.95. The molecule has 1 N–H and O–H groups in total. The zero-order valence-corrected chi connectivity index (χ0v) is 10.9. The minimum absolute atomic E-state index is 0.0314. The van der Waals surface area contributed by atoms with E-state index in [4.69, 9.17) is 0 Å². The van der Waals surface area contributed by atoms with Gasteiger partial charge in [0.05, 0.1) is 0 Å². The van der Waals surface area contributed by atoms with Crippen molar-refractivity contribution in [2.45, 2.75) is 13.3 Å². The third-order valence-corrected chi connectivity index (χ3v) is 2.86. The SMILES string of the molecule is Cc1cc(NC(=O)CCBr)ncc1Br. The Labute approximate surface area is 99.6 Å². The first kappa shape index (κ1) is 11.7. The number of anilines is 1. The summed E-state index contributed by atoms with van der Waals surface area (Å²) < 4.78 is 0.941. The highest BCUT2D eigenvalue weighted by atomic mass is 79.9. The predicted octanol–water partition coefficient (Wildman–Crippen LogP) is 2.88. The molecule has 1 rings (SSSR count). The average Bonchev–Trinajstić information content (AvgIpc) is 2.12. The minimum Gasteiger partial charge on any atom is -0.311 e. The maximum atomic E-state index is 11.2. The zero-order chi connectivity index (χ0) is 10.6. The zero-order valence-electron chi connectivity index (χ0n) is 7.68. The summed E-state index contributed by atoms with van der Waals surface area (Å²) in [5.74, 6) is 0.563. The molecule has 0 unspecified atom stereocenters. The number of carbonyl (C=O) groups is 1. The predicted molar refractivity (Wildman–Crippen MR) is 63.7 cm³/mol. The van der Waals surface area contributed by atoms with Gasteiger partial charge in [-0.05, 0) is 34.5 Å². The Bertz CT molecular complexity index is 342. The number of hydrogen-bond donors (Lipinski definition) is 1. The van der Waals surface area contributed by atoms with Crippen molar-refractivity contribution >= 4 is 43.6 Å². The monoisotopic (exact) mass is 320 g/mol. The first-order valence-electron chi connectivity index (χ1n) is 4.11. The van der Waals surface area contributed by atoms with Gasteiger partial charge in [-0.3, -0.25) is 4.79 Å². The topological polar surface area (TPSA) is 42.0 Å². The molecule has 14 heavy (non-hydrogen) atoms. The summed E-state index contributed by atoms with van der Waals surface area (Å²) in [5.41, 5.74) is 1.05. The number of aromatic nitrogens is 1. The molecule has 0 aromatic carbocycles. The van der Waals surface area contributed by atoms with E-state index in [1.165, 1.54) is 0 Å². The molecule has 0 radical (unpaired) electrons. The molecule has 1 aromatic rings. The Morgan fingerprint density at radius 2 is 2.36 bits per heavy atom. The van der Waals surface area contributed by atoms with E-state index in [-0.39, 0.29) is 5.91 Å². The van der Waals surface area contributed by atoms with Gasteiger partial charge in [0, 0.05) is 22.4 Å². The molecular formula is C9H10Br2N2O. The number of nitrogens with one attached hydrogen (secondary N) is 1. The summed E-state index contributed by atoms with van der Waals surface area (Å²) in [6, 6.07) is 1.83. The van der Waals surface area contributed by atoms with E-state index in [1.807, 2.05) is 13.0 Å². The van der Waals surface area contributed by atoms with Crippen LogP contribution in [0.4, 0.5) is 5.82 Å². The van der Waals surface area contributed by atoms with Gasteiger partial charge in [-0.25, -0.2) is 4.98 Å².